The highest BCUT2D eigenvalue weighted by Gasteiger charge is 2.03. The molecule has 4 nitrogen and oxygen atoms in total. The first kappa shape index (κ1) is 12.7. The van der Waals surface area contributed by atoms with Crippen molar-refractivity contribution in [1.82, 2.24) is 9.97 Å². The van der Waals surface area contributed by atoms with Crippen LogP contribution >= 0.6 is 11.8 Å². The summed E-state index contributed by atoms with van der Waals surface area (Å²) in [5, 5.41) is 3.86. The third kappa shape index (κ3) is 3.13. The van der Waals surface area contributed by atoms with Crippen molar-refractivity contribution in [3.63, 3.8) is 0 Å². The van der Waals surface area contributed by atoms with E-state index in [2.05, 4.69) is 40.4 Å². The molecule has 0 saturated carbocycles. The highest BCUT2D eigenvalue weighted by atomic mass is 32.2. The van der Waals surface area contributed by atoms with E-state index in [4.69, 9.17) is 5.73 Å². The minimum Gasteiger partial charge on any atom is -0.373 e. The number of anilines is 2. The van der Waals surface area contributed by atoms with E-state index in [0.29, 0.717) is 5.95 Å². The van der Waals surface area contributed by atoms with Crippen LogP contribution in [-0.2, 0) is 5.75 Å². The largest absolute Gasteiger partial charge is 0.373 e. The molecule has 2 aromatic rings. The lowest BCUT2D eigenvalue weighted by Gasteiger charge is -2.06. The van der Waals surface area contributed by atoms with Gasteiger partial charge in [-0.1, -0.05) is 24.3 Å². The first-order valence-electron chi connectivity index (χ1n) is 5.68. The van der Waals surface area contributed by atoms with Crippen molar-refractivity contribution in [3.05, 3.63) is 41.5 Å². The van der Waals surface area contributed by atoms with Crippen LogP contribution in [0.3, 0.4) is 0 Å². The molecule has 0 radical (unpaired) electrons. The molecule has 0 amide bonds. The van der Waals surface area contributed by atoms with Gasteiger partial charge in [0.1, 0.15) is 10.8 Å². The summed E-state index contributed by atoms with van der Waals surface area (Å²) in [5.74, 6) is 1.93. The highest BCUT2D eigenvalue weighted by Crippen LogP contribution is 2.24. The Balaban J connectivity index is 2.11. The molecule has 0 aliphatic carbocycles. The van der Waals surface area contributed by atoms with Crippen LogP contribution in [0, 0.1) is 6.92 Å². The molecule has 5 heteroatoms. The van der Waals surface area contributed by atoms with Gasteiger partial charge in [-0.05, 0) is 18.1 Å². The van der Waals surface area contributed by atoms with Crippen molar-refractivity contribution in [3.8, 4) is 0 Å². The number of aromatic nitrogens is 2. The van der Waals surface area contributed by atoms with Crippen LogP contribution in [0.4, 0.5) is 11.8 Å². The summed E-state index contributed by atoms with van der Waals surface area (Å²) in [6.07, 6.45) is 0. The molecule has 0 aliphatic heterocycles. The van der Waals surface area contributed by atoms with Crippen molar-refractivity contribution in [1.29, 1.82) is 0 Å². The van der Waals surface area contributed by atoms with Crippen LogP contribution in [0.25, 0.3) is 0 Å². The van der Waals surface area contributed by atoms with E-state index in [1.807, 2.05) is 19.2 Å². The average molecular weight is 260 g/mol. The van der Waals surface area contributed by atoms with Gasteiger partial charge in [0.2, 0.25) is 5.95 Å². The minimum atomic E-state index is 0.300. The zero-order valence-electron chi connectivity index (χ0n) is 10.5. The maximum Gasteiger partial charge on any atom is 0.223 e. The van der Waals surface area contributed by atoms with E-state index in [-0.39, 0.29) is 0 Å². The second-order valence-electron chi connectivity index (χ2n) is 3.91. The molecule has 18 heavy (non-hydrogen) atoms. The fourth-order valence-electron chi connectivity index (χ4n) is 1.57. The Bertz CT molecular complexity index is 542. The summed E-state index contributed by atoms with van der Waals surface area (Å²) in [5.41, 5.74) is 8.26. The van der Waals surface area contributed by atoms with Crippen LogP contribution in [-0.4, -0.2) is 17.0 Å². The van der Waals surface area contributed by atoms with Crippen molar-refractivity contribution < 1.29 is 0 Å². The summed E-state index contributed by atoms with van der Waals surface area (Å²) in [7, 11) is 1.82. The molecule has 1 aromatic heterocycles. The molecule has 0 fully saturated rings. The monoisotopic (exact) mass is 260 g/mol. The molecule has 2 rings (SSSR count). The Hall–Kier alpha value is -1.75. The topological polar surface area (TPSA) is 63.8 Å². The maximum atomic E-state index is 5.66. The van der Waals surface area contributed by atoms with Gasteiger partial charge >= 0.3 is 0 Å². The van der Waals surface area contributed by atoms with E-state index in [0.717, 1.165) is 16.6 Å². The SMILES string of the molecule is CNc1cc(SCc2ccccc2C)nc(N)n1. The van der Waals surface area contributed by atoms with Crippen LogP contribution in [0.1, 0.15) is 11.1 Å². The van der Waals surface area contributed by atoms with Gasteiger partial charge in [-0.3, -0.25) is 0 Å². The first-order chi connectivity index (χ1) is 8.69. The van der Waals surface area contributed by atoms with Gasteiger partial charge in [-0.25, -0.2) is 4.98 Å². The van der Waals surface area contributed by atoms with Gasteiger partial charge in [0.05, 0.1) is 0 Å². The molecule has 0 saturated heterocycles. The lowest BCUT2D eigenvalue weighted by molar-refractivity contribution is 1.06. The van der Waals surface area contributed by atoms with Crippen molar-refractivity contribution >= 4 is 23.5 Å². The van der Waals surface area contributed by atoms with E-state index < -0.39 is 0 Å². The number of aryl methyl sites for hydroxylation is 1. The normalized spacial score (nSPS) is 10.3. The fourth-order valence-corrected chi connectivity index (χ4v) is 2.55. The van der Waals surface area contributed by atoms with Crippen LogP contribution in [0.15, 0.2) is 35.4 Å². The molecular formula is C13H16N4S. The van der Waals surface area contributed by atoms with Gasteiger partial charge in [-0.2, -0.15) is 4.98 Å². The number of nitrogens with zero attached hydrogens (tertiary/aromatic N) is 2. The third-order valence-corrected chi connectivity index (χ3v) is 3.57. The summed E-state index contributed by atoms with van der Waals surface area (Å²) >= 11 is 1.66. The van der Waals surface area contributed by atoms with Gasteiger partial charge < -0.3 is 11.1 Å². The van der Waals surface area contributed by atoms with Gasteiger partial charge in [0, 0.05) is 18.9 Å². The minimum absolute atomic E-state index is 0.300. The average Bonchev–Trinajstić information content (AvgIpc) is 2.37. The maximum absolute atomic E-state index is 5.66. The van der Waals surface area contributed by atoms with E-state index in [9.17, 15) is 0 Å². The van der Waals surface area contributed by atoms with Crippen LogP contribution < -0.4 is 11.1 Å². The summed E-state index contributed by atoms with van der Waals surface area (Å²) in [6, 6.07) is 10.2. The fraction of sp³-hybridized carbons (Fsp3) is 0.231. The first-order valence-corrected chi connectivity index (χ1v) is 6.67. The molecule has 0 unspecified atom stereocenters. The molecule has 94 valence electrons. The molecule has 0 bridgehead atoms. The molecular weight excluding hydrogens is 244 g/mol. The Kier molecular flexibility index (Phi) is 4.04. The predicted octanol–water partition coefficient (Wildman–Crippen LogP) is 2.70. The van der Waals surface area contributed by atoms with Crippen molar-refractivity contribution in [2.45, 2.75) is 17.7 Å². The number of benzene rings is 1. The lowest BCUT2D eigenvalue weighted by Crippen LogP contribution is -2.00. The Labute approximate surface area is 111 Å². The Morgan fingerprint density at radius 2 is 2.06 bits per heavy atom. The number of hydrogen-bond acceptors (Lipinski definition) is 5. The third-order valence-electron chi connectivity index (χ3n) is 2.61. The zero-order valence-corrected chi connectivity index (χ0v) is 11.3. The Morgan fingerprint density at radius 1 is 1.28 bits per heavy atom. The number of nitrogens with two attached hydrogens (primary N) is 1. The van der Waals surface area contributed by atoms with Gasteiger partial charge in [0.25, 0.3) is 0 Å². The zero-order chi connectivity index (χ0) is 13.0. The lowest BCUT2D eigenvalue weighted by atomic mass is 10.1. The molecule has 0 atom stereocenters. The summed E-state index contributed by atoms with van der Waals surface area (Å²) in [6.45, 7) is 2.11. The van der Waals surface area contributed by atoms with Gasteiger partial charge in [0.15, 0.2) is 0 Å². The number of rotatable bonds is 4. The predicted molar refractivity (Wildman–Crippen MR) is 76.7 cm³/mol. The quantitative estimate of drug-likeness (QED) is 0.653. The second kappa shape index (κ2) is 5.73. The summed E-state index contributed by atoms with van der Waals surface area (Å²) in [4.78, 5) is 8.28. The number of thioether (sulfide) groups is 1. The van der Waals surface area contributed by atoms with E-state index in [1.165, 1.54) is 11.1 Å². The van der Waals surface area contributed by atoms with Crippen molar-refractivity contribution in [2.75, 3.05) is 18.1 Å². The molecule has 0 spiro atoms. The van der Waals surface area contributed by atoms with E-state index >= 15 is 0 Å². The van der Waals surface area contributed by atoms with Crippen molar-refractivity contribution in [2.24, 2.45) is 0 Å². The van der Waals surface area contributed by atoms with Gasteiger partial charge in [-0.15, -0.1) is 11.8 Å². The standard InChI is InChI=1S/C13H16N4S/c1-9-5-3-4-6-10(9)8-18-12-7-11(15-2)16-13(14)17-12/h3-7H,8H2,1-2H3,(H3,14,15,16,17). The Morgan fingerprint density at radius 3 is 2.78 bits per heavy atom. The number of nitrogen functional groups attached to an aromatic ring is 1. The second-order valence-corrected chi connectivity index (χ2v) is 4.91. The van der Waals surface area contributed by atoms with E-state index in [1.54, 1.807) is 11.8 Å². The highest BCUT2D eigenvalue weighted by molar-refractivity contribution is 7.98. The molecule has 1 aromatic carbocycles. The smallest absolute Gasteiger partial charge is 0.223 e. The van der Waals surface area contributed by atoms with Crippen LogP contribution in [0.2, 0.25) is 0 Å². The molecule has 3 N–H and O–H groups in total. The molecule has 1 heterocycles. The van der Waals surface area contributed by atoms with Crippen LogP contribution in [0.5, 0.6) is 0 Å². The molecule has 0 aliphatic rings. The number of nitrogens with one attached hydrogen (secondary N) is 1. The number of hydrogen-bond donors (Lipinski definition) is 2. The summed E-state index contributed by atoms with van der Waals surface area (Å²) < 4.78 is 0.